The number of amides is 2. The lowest BCUT2D eigenvalue weighted by Crippen LogP contribution is -2.47. The van der Waals surface area contributed by atoms with Crippen LogP contribution in [0.2, 0.25) is 0 Å². The van der Waals surface area contributed by atoms with Crippen LogP contribution in [-0.4, -0.2) is 48.4 Å². The van der Waals surface area contributed by atoms with E-state index in [1.807, 2.05) is 11.4 Å². The molecule has 0 N–H and O–H groups in total. The van der Waals surface area contributed by atoms with E-state index in [2.05, 4.69) is 0 Å². The first-order valence-corrected chi connectivity index (χ1v) is 13.1. The van der Waals surface area contributed by atoms with Crippen LogP contribution < -0.4 is 9.47 Å². The highest BCUT2D eigenvalue weighted by molar-refractivity contribution is 7.10. The number of carbonyl (C=O) groups excluding carboxylic acids is 2. The SMILES string of the molecule is COc1ccc(C(=O)N(CC(=O)N2CCc3sccc3[C@H]2COc2cccc(F)c2)Cc2ccco2)cc1. The van der Waals surface area contributed by atoms with E-state index < -0.39 is 0 Å². The molecule has 4 aromatic rings. The molecule has 2 aromatic heterocycles. The molecule has 196 valence electrons. The Morgan fingerprint density at radius 3 is 2.68 bits per heavy atom. The minimum Gasteiger partial charge on any atom is -0.497 e. The van der Waals surface area contributed by atoms with E-state index in [9.17, 15) is 14.0 Å². The summed E-state index contributed by atoms with van der Waals surface area (Å²) in [5.74, 6) is 0.719. The molecule has 5 rings (SSSR count). The first-order valence-electron chi connectivity index (χ1n) is 12.2. The number of methoxy groups -OCH3 is 1. The van der Waals surface area contributed by atoms with Crippen molar-refractivity contribution < 1.29 is 27.9 Å². The van der Waals surface area contributed by atoms with Gasteiger partial charge in [0.1, 0.15) is 36.2 Å². The molecular formula is C29H27FN2O5S. The normalized spacial score (nSPS) is 14.6. The number of furan rings is 1. The number of carbonyl (C=O) groups is 2. The standard InChI is InChI=1S/C29H27FN2O5S/c1-35-22-9-7-20(8-10-22)29(34)31(17-24-6-3-14-36-24)18-28(33)32-13-11-27-25(12-15-38-27)26(32)19-37-23-5-2-4-21(30)16-23/h2-10,12,14-16,26H,11,13,17-19H2,1H3/t26-/m1/s1. The molecule has 0 radical (unpaired) electrons. The molecule has 0 saturated heterocycles. The molecule has 0 aliphatic carbocycles. The molecule has 0 spiro atoms. The van der Waals surface area contributed by atoms with Crippen LogP contribution >= 0.6 is 11.3 Å². The van der Waals surface area contributed by atoms with Gasteiger partial charge in [-0.25, -0.2) is 4.39 Å². The summed E-state index contributed by atoms with van der Waals surface area (Å²) >= 11 is 1.65. The molecule has 38 heavy (non-hydrogen) atoms. The number of thiophene rings is 1. The van der Waals surface area contributed by atoms with Crippen molar-refractivity contribution in [1.82, 2.24) is 9.80 Å². The highest BCUT2D eigenvalue weighted by Crippen LogP contribution is 2.34. The Morgan fingerprint density at radius 1 is 1.11 bits per heavy atom. The number of halogens is 1. The van der Waals surface area contributed by atoms with Gasteiger partial charge in [-0.05, 0) is 72.0 Å². The third-order valence-corrected chi connectivity index (χ3v) is 7.49. The van der Waals surface area contributed by atoms with Crippen molar-refractivity contribution >= 4 is 23.2 Å². The van der Waals surface area contributed by atoms with Crippen LogP contribution in [-0.2, 0) is 17.8 Å². The molecule has 9 heteroatoms. The molecule has 0 fully saturated rings. The lowest BCUT2D eigenvalue weighted by atomic mass is 10.0. The minimum atomic E-state index is -0.388. The number of hydrogen-bond acceptors (Lipinski definition) is 6. The van der Waals surface area contributed by atoms with E-state index >= 15 is 0 Å². The van der Waals surface area contributed by atoms with E-state index in [-0.39, 0.29) is 43.4 Å². The topological polar surface area (TPSA) is 72.2 Å². The van der Waals surface area contributed by atoms with Gasteiger partial charge >= 0.3 is 0 Å². The van der Waals surface area contributed by atoms with E-state index in [1.54, 1.807) is 71.9 Å². The predicted molar refractivity (Wildman–Crippen MR) is 141 cm³/mol. The number of rotatable bonds is 9. The Hall–Kier alpha value is -4.11. The van der Waals surface area contributed by atoms with Crippen LogP contribution in [0.25, 0.3) is 0 Å². The number of ether oxygens (including phenoxy) is 2. The second-order valence-corrected chi connectivity index (χ2v) is 9.89. The second-order valence-electron chi connectivity index (χ2n) is 8.89. The number of nitrogens with zero attached hydrogens (tertiary/aromatic N) is 2. The zero-order valence-corrected chi connectivity index (χ0v) is 21.7. The highest BCUT2D eigenvalue weighted by Gasteiger charge is 2.34. The Morgan fingerprint density at radius 2 is 1.95 bits per heavy atom. The third-order valence-electron chi connectivity index (χ3n) is 6.50. The molecule has 7 nitrogen and oxygen atoms in total. The molecule has 1 aliphatic heterocycles. The third kappa shape index (κ3) is 5.73. The number of benzene rings is 2. The smallest absolute Gasteiger partial charge is 0.254 e. The lowest BCUT2D eigenvalue weighted by Gasteiger charge is -2.37. The first kappa shape index (κ1) is 25.5. The quantitative estimate of drug-likeness (QED) is 0.290. The monoisotopic (exact) mass is 534 g/mol. The molecule has 2 aromatic carbocycles. The first-order chi connectivity index (χ1) is 18.5. The van der Waals surface area contributed by atoms with Crippen LogP contribution in [0.1, 0.15) is 32.6 Å². The molecule has 3 heterocycles. The van der Waals surface area contributed by atoms with Gasteiger partial charge < -0.3 is 23.7 Å². The van der Waals surface area contributed by atoms with E-state index in [4.69, 9.17) is 13.9 Å². The maximum atomic E-state index is 13.8. The summed E-state index contributed by atoms with van der Waals surface area (Å²) in [6.07, 6.45) is 2.26. The summed E-state index contributed by atoms with van der Waals surface area (Å²) in [6, 6.07) is 17.9. The van der Waals surface area contributed by atoms with Gasteiger partial charge in [-0.15, -0.1) is 11.3 Å². The Labute approximate surface area is 224 Å². The van der Waals surface area contributed by atoms with Gasteiger partial charge in [0, 0.05) is 23.1 Å². The lowest BCUT2D eigenvalue weighted by molar-refractivity contribution is -0.135. The molecule has 0 unspecified atom stereocenters. The zero-order chi connectivity index (χ0) is 26.5. The fraction of sp³-hybridized carbons (Fsp3) is 0.241. The molecule has 0 bridgehead atoms. The average molecular weight is 535 g/mol. The van der Waals surface area contributed by atoms with E-state index in [0.29, 0.717) is 29.4 Å². The van der Waals surface area contributed by atoms with Gasteiger partial charge in [0.25, 0.3) is 5.91 Å². The predicted octanol–water partition coefficient (Wildman–Crippen LogP) is 5.34. The van der Waals surface area contributed by atoms with Crippen molar-refractivity contribution in [2.45, 2.75) is 19.0 Å². The van der Waals surface area contributed by atoms with Crippen LogP contribution in [0.5, 0.6) is 11.5 Å². The van der Waals surface area contributed by atoms with Crippen molar-refractivity contribution in [3.63, 3.8) is 0 Å². The van der Waals surface area contributed by atoms with E-state index in [1.165, 1.54) is 28.2 Å². The largest absolute Gasteiger partial charge is 0.497 e. The molecule has 0 saturated carbocycles. The maximum Gasteiger partial charge on any atom is 0.254 e. The van der Waals surface area contributed by atoms with Crippen LogP contribution in [0, 0.1) is 5.82 Å². The Kier molecular flexibility index (Phi) is 7.74. The fourth-order valence-corrected chi connectivity index (χ4v) is 5.50. The summed E-state index contributed by atoms with van der Waals surface area (Å²) < 4.78 is 30.3. The molecular weight excluding hydrogens is 507 g/mol. The molecule has 2 amide bonds. The van der Waals surface area contributed by atoms with Crippen molar-refractivity contribution in [1.29, 1.82) is 0 Å². The minimum absolute atomic E-state index is 0.137. The van der Waals surface area contributed by atoms with Crippen molar-refractivity contribution in [2.24, 2.45) is 0 Å². The van der Waals surface area contributed by atoms with Crippen LogP contribution in [0.4, 0.5) is 4.39 Å². The highest BCUT2D eigenvalue weighted by atomic mass is 32.1. The van der Waals surface area contributed by atoms with Gasteiger partial charge in [-0.1, -0.05) is 6.07 Å². The van der Waals surface area contributed by atoms with Crippen molar-refractivity contribution in [3.8, 4) is 11.5 Å². The fourth-order valence-electron chi connectivity index (χ4n) is 4.57. The van der Waals surface area contributed by atoms with E-state index in [0.717, 1.165) is 12.0 Å². The number of fused-ring (bicyclic) bond motifs is 1. The summed E-state index contributed by atoms with van der Waals surface area (Å²) in [5, 5.41) is 2.00. The summed E-state index contributed by atoms with van der Waals surface area (Å²) in [5.41, 5.74) is 1.46. The molecule has 1 aliphatic rings. The van der Waals surface area contributed by atoms with Gasteiger partial charge in [-0.2, -0.15) is 0 Å². The van der Waals surface area contributed by atoms with Gasteiger partial charge in [0.05, 0.1) is 26.0 Å². The second kappa shape index (κ2) is 11.5. The summed E-state index contributed by atoms with van der Waals surface area (Å²) in [7, 11) is 1.56. The van der Waals surface area contributed by atoms with Gasteiger partial charge in [-0.3, -0.25) is 9.59 Å². The van der Waals surface area contributed by atoms with Gasteiger partial charge in [0.2, 0.25) is 5.91 Å². The zero-order valence-electron chi connectivity index (χ0n) is 20.8. The Balaban J connectivity index is 1.37. The summed E-state index contributed by atoms with van der Waals surface area (Å²) in [4.78, 5) is 31.7. The van der Waals surface area contributed by atoms with Crippen LogP contribution in [0.3, 0.4) is 0 Å². The van der Waals surface area contributed by atoms with Crippen molar-refractivity contribution in [2.75, 3.05) is 26.8 Å². The van der Waals surface area contributed by atoms with Crippen molar-refractivity contribution in [3.05, 3.63) is 106 Å². The average Bonchev–Trinajstić information content (AvgIpc) is 3.63. The number of hydrogen-bond donors (Lipinski definition) is 0. The maximum absolute atomic E-state index is 13.8. The Bertz CT molecular complexity index is 1390. The molecule has 1 atom stereocenters. The van der Waals surface area contributed by atoms with Gasteiger partial charge in [0.15, 0.2) is 0 Å². The summed E-state index contributed by atoms with van der Waals surface area (Å²) in [6.45, 7) is 0.672. The van der Waals surface area contributed by atoms with Crippen LogP contribution in [0.15, 0.2) is 82.8 Å².